The first-order valence-corrected chi connectivity index (χ1v) is 6.69. The van der Waals surface area contributed by atoms with Crippen LogP contribution in [0.2, 0.25) is 0 Å². The van der Waals surface area contributed by atoms with E-state index in [1.165, 1.54) is 13.1 Å². The molecule has 0 fully saturated rings. The van der Waals surface area contributed by atoms with Crippen molar-refractivity contribution in [3.8, 4) is 5.75 Å². The molecule has 20 heavy (non-hydrogen) atoms. The summed E-state index contributed by atoms with van der Waals surface area (Å²) in [5.41, 5.74) is 1.31. The number of pyridine rings is 1. The number of aromatic hydroxyl groups is 1. The van der Waals surface area contributed by atoms with E-state index in [0.29, 0.717) is 12.0 Å². The molecule has 1 heterocycles. The van der Waals surface area contributed by atoms with Crippen molar-refractivity contribution < 1.29 is 19.4 Å². The number of aromatic nitrogens is 1. The van der Waals surface area contributed by atoms with E-state index < -0.39 is 5.97 Å². The molecule has 0 saturated carbocycles. The van der Waals surface area contributed by atoms with Crippen LogP contribution < -0.4 is 5.32 Å². The van der Waals surface area contributed by atoms with Gasteiger partial charge in [-0.05, 0) is 26.2 Å². The highest BCUT2D eigenvalue weighted by atomic mass is 16.5. The highest BCUT2D eigenvalue weighted by Gasteiger charge is 2.28. The third kappa shape index (κ3) is 2.74. The minimum absolute atomic E-state index is 0.0443. The number of esters is 1. The Morgan fingerprint density at radius 2 is 2.30 bits per heavy atom. The summed E-state index contributed by atoms with van der Waals surface area (Å²) >= 11 is 0. The summed E-state index contributed by atoms with van der Waals surface area (Å²) in [6.07, 6.45) is 3.65. The molecule has 2 N–H and O–H groups in total. The molecule has 1 aromatic rings. The lowest BCUT2D eigenvalue weighted by Gasteiger charge is -2.26. The van der Waals surface area contributed by atoms with Crippen LogP contribution >= 0.6 is 0 Å². The van der Waals surface area contributed by atoms with Gasteiger partial charge in [0, 0.05) is 24.4 Å². The summed E-state index contributed by atoms with van der Waals surface area (Å²) in [7, 11) is 0. The number of rotatable bonds is 3. The van der Waals surface area contributed by atoms with Crippen LogP contribution in [-0.2, 0) is 16.0 Å². The van der Waals surface area contributed by atoms with Gasteiger partial charge in [0.2, 0.25) is 5.91 Å². The van der Waals surface area contributed by atoms with Gasteiger partial charge in [-0.2, -0.15) is 0 Å². The molecular formula is C14H18N2O4. The number of carbonyl (C=O) groups is 2. The number of hydrogen-bond donors (Lipinski definition) is 2. The largest absolute Gasteiger partial charge is 0.507 e. The third-order valence-corrected chi connectivity index (χ3v) is 3.30. The molecule has 6 nitrogen and oxygen atoms in total. The normalized spacial score (nSPS) is 17.2. The monoisotopic (exact) mass is 278 g/mol. The fraction of sp³-hybridized carbons (Fsp3) is 0.500. The van der Waals surface area contributed by atoms with Gasteiger partial charge in [-0.3, -0.25) is 9.78 Å². The van der Waals surface area contributed by atoms with Crippen molar-refractivity contribution in [3.63, 3.8) is 0 Å². The Labute approximate surface area is 117 Å². The van der Waals surface area contributed by atoms with E-state index in [0.717, 1.165) is 18.5 Å². The van der Waals surface area contributed by atoms with Crippen LogP contribution in [0.15, 0.2) is 6.20 Å². The smallest absolute Gasteiger partial charge is 0.343 e. The number of ether oxygens (including phenoxy) is 1. The second-order valence-electron chi connectivity index (χ2n) is 4.75. The fourth-order valence-electron chi connectivity index (χ4n) is 2.49. The quantitative estimate of drug-likeness (QED) is 0.817. The van der Waals surface area contributed by atoms with E-state index in [1.807, 2.05) is 0 Å². The molecule has 108 valence electrons. The predicted molar refractivity (Wildman–Crippen MR) is 71.4 cm³/mol. The topological polar surface area (TPSA) is 88.5 Å². The Bertz CT molecular complexity index is 542. The SMILES string of the molecule is CCOC(=O)c1cnc2c(c1O)C(NC(C)=O)CCC2. The van der Waals surface area contributed by atoms with Gasteiger partial charge in [0.05, 0.1) is 12.6 Å². The minimum atomic E-state index is -0.604. The Kier molecular flexibility index (Phi) is 4.22. The standard InChI is InChI=1S/C14H18N2O4/c1-3-20-14(19)9-7-15-10-5-4-6-11(16-8(2)17)12(10)13(9)18/h7,11H,3-6H2,1-2H3,(H,15,18)(H,16,17). The summed E-state index contributed by atoms with van der Waals surface area (Å²) in [6, 6.07) is -0.307. The van der Waals surface area contributed by atoms with E-state index >= 15 is 0 Å². The third-order valence-electron chi connectivity index (χ3n) is 3.30. The molecule has 0 radical (unpaired) electrons. The average Bonchev–Trinajstić information content (AvgIpc) is 2.38. The van der Waals surface area contributed by atoms with Crippen molar-refractivity contribution in [2.24, 2.45) is 0 Å². The van der Waals surface area contributed by atoms with E-state index in [9.17, 15) is 14.7 Å². The first kappa shape index (κ1) is 14.3. The van der Waals surface area contributed by atoms with Crippen LogP contribution in [0.5, 0.6) is 5.75 Å². The summed E-state index contributed by atoms with van der Waals surface area (Å²) in [5.74, 6) is -0.914. The lowest BCUT2D eigenvalue weighted by molar-refractivity contribution is -0.119. The van der Waals surface area contributed by atoms with E-state index in [1.54, 1.807) is 6.92 Å². The molecule has 1 aliphatic rings. The second-order valence-corrected chi connectivity index (χ2v) is 4.75. The summed E-state index contributed by atoms with van der Waals surface area (Å²) < 4.78 is 4.89. The van der Waals surface area contributed by atoms with Gasteiger partial charge < -0.3 is 15.2 Å². The Morgan fingerprint density at radius 1 is 1.55 bits per heavy atom. The van der Waals surface area contributed by atoms with Crippen LogP contribution in [-0.4, -0.2) is 28.6 Å². The maximum atomic E-state index is 11.8. The molecule has 1 unspecified atom stereocenters. The lowest BCUT2D eigenvalue weighted by Crippen LogP contribution is -2.30. The second kappa shape index (κ2) is 5.90. The van der Waals surface area contributed by atoms with Crippen LogP contribution in [0.25, 0.3) is 0 Å². The average molecular weight is 278 g/mol. The van der Waals surface area contributed by atoms with Gasteiger partial charge in [0.1, 0.15) is 11.3 Å². The van der Waals surface area contributed by atoms with Crippen molar-refractivity contribution in [1.82, 2.24) is 10.3 Å². The number of carbonyl (C=O) groups excluding carboxylic acids is 2. The number of hydrogen-bond acceptors (Lipinski definition) is 5. The first-order valence-electron chi connectivity index (χ1n) is 6.69. The summed E-state index contributed by atoms with van der Waals surface area (Å²) in [5, 5.41) is 13.1. The highest BCUT2D eigenvalue weighted by molar-refractivity contribution is 5.92. The minimum Gasteiger partial charge on any atom is -0.507 e. The zero-order valence-electron chi connectivity index (χ0n) is 11.6. The molecule has 1 amide bonds. The molecule has 2 rings (SSSR count). The molecule has 0 aliphatic heterocycles. The van der Waals surface area contributed by atoms with Gasteiger partial charge in [-0.1, -0.05) is 0 Å². The van der Waals surface area contributed by atoms with E-state index in [4.69, 9.17) is 4.74 Å². The highest BCUT2D eigenvalue weighted by Crippen LogP contribution is 2.37. The molecule has 1 aliphatic carbocycles. The predicted octanol–water partition coefficient (Wildman–Crippen LogP) is 1.48. The number of aryl methyl sites for hydroxylation is 1. The van der Waals surface area contributed by atoms with Crippen molar-refractivity contribution in [2.45, 2.75) is 39.2 Å². The molecular weight excluding hydrogens is 260 g/mol. The van der Waals surface area contributed by atoms with E-state index in [2.05, 4.69) is 10.3 Å². The van der Waals surface area contributed by atoms with Crippen LogP contribution in [0, 0.1) is 0 Å². The summed E-state index contributed by atoms with van der Waals surface area (Å²) in [4.78, 5) is 27.2. The van der Waals surface area contributed by atoms with Crippen molar-refractivity contribution in [1.29, 1.82) is 0 Å². The van der Waals surface area contributed by atoms with Crippen molar-refractivity contribution >= 4 is 11.9 Å². The van der Waals surface area contributed by atoms with Crippen LogP contribution in [0.4, 0.5) is 0 Å². The zero-order valence-corrected chi connectivity index (χ0v) is 11.6. The number of amides is 1. The molecule has 1 atom stereocenters. The Morgan fingerprint density at radius 3 is 2.95 bits per heavy atom. The van der Waals surface area contributed by atoms with Crippen molar-refractivity contribution in [2.75, 3.05) is 6.61 Å². The Balaban J connectivity index is 2.42. The maximum Gasteiger partial charge on any atom is 0.343 e. The molecule has 1 aromatic heterocycles. The Hall–Kier alpha value is -2.11. The van der Waals surface area contributed by atoms with Crippen molar-refractivity contribution in [3.05, 3.63) is 23.0 Å². The van der Waals surface area contributed by atoms with Crippen LogP contribution in [0.3, 0.4) is 0 Å². The first-order chi connectivity index (χ1) is 9.54. The molecule has 0 bridgehead atoms. The molecule has 6 heteroatoms. The number of nitrogens with zero attached hydrogens (tertiary/aromatic N) is 1. The molecule has 0 spiro atoms. The lowest BCUT2D eigenvalue weighted by atomic mass is 9.89. The van der Waals surface area contributed by atoms with Gasteiger partial charge in [-0.15, -0.1) is 0 Å². The maximum absolute atomic E-state index is 11.8. The summed E-state index contributed by atoms with van der Waals surface area (Å²) in [6.45, 7) is 3.35. The van der Waals surface area contributed by atoms with Gasteiger partial charge in [-0.25, -0.2) is 4.79 Å². The van der Waals surface area contributed by atoms with Gasteiger partial charge in [0.15, 0.2) is 0 Å². The number of fused-ring (bicyclic) bond motifs is 1. The van der Waals surface area contributed by atoms with Gasteiger partial charge in [0.25, 0.3) is 0 Å². The number of nitrogens with one attached hydrogen (secondary N) is 1. The van der Waals surface area contributed by atoms with Gasteiger partial charge >= 0.3 is 5.97 Å². The van der Waals surface area contributed by atoms with E-state index in [-0.39, 0.29) is 29.9 Å². The molecule has 0 saturated heterocycles. The fourth-order valence-corrected chi connectivity index (χ4v) is 2.49. The van der Waals surface area contributed by atoms with Crippen LogP contribution in [0.1, 0.15) is 54.3 Å². The molecule has 0 aromatic carbocycles. The zero-order chi connectivity index (χ0) is 14.7.